The summed E-state index contributed by atoms with van der Waals surface area (Å²) in [6.45, 7) is 5.24. The molecule has 8 nitrogen and oxygen atoms in total. The van der Waals surface area contributed by atoms with Crippen LogP contribution in [0.4, 0.5) is 5.69 Å². The summed E-state index contributed by atoms with van der Waals surface area (Å²) in [5.41, 5.74) is 1.36. The molecule has 0 unspecified atom stereocenters. The Morgan fingerprint density at radius 2 is 2.00 bits per heavy atom. The number of carbonyl (C=O) groups excluding carboxylic acids is 2. The SMILES string of the molecule is CCCOc1ccc(/C=C/C(=O)Nc2cnn(CC(=O)NC3CCCC3)c2)cc1OCC. The van der Waals surface area contributed by atoms with Crippen LogP contribution in [0.25, 0.3) is 6.08 Å². The van der Waals surface area contributed by atoms with Gasteiger partial charge in [0.25, 0.3) is 0 Å². The van der Waals surface area contributed by atoms with Crippen molar-refractivity contribution in [2.45, 2.75) is 58.5 Å². The molecule has 172 valence electrons. The first-order chi connectivity index (χ1) is 15.6. The third-order valence-electron chi connectivity index (χ3n) is 5.08. The molecule has 0 aliphatic heterocycles. The van der Waals surface area contributed by atoms with Gasteiger partial charge in [0.1, 0.15) is 6.54 Å². The van der Waals surface area contributed by atoms with Gasteiger partial charge in [-0.1, -0.05) is 25.8 Å². The molecule has 0 atom stereocenters. The van der Waals surface area contributed by atoms with E-state index in [0.29, 0.717) is 30.4 Å². The van der Waals surface area contributed by atoms with Gasteiger partial charge in [-0.15, -0.1) is 0 Å². The lowest BCUT2D eigenvalue weighted by Crippen LogP contribution is -2.35. The van der Waals surface area contributed by atoms with Crippen LogP contribution in [0.2, 0.25) is 0 Å². The predicted octanol–water partition coefficient (Wildman–Crippen LogP) is 3.78. The van der Waals surface area contributed by atoms with Crippen LogP contribution in [0.3, 0.4) is 0 Å². The van der Waals surface area contributed by atoms with Crippen molar-refractivity contribution in [1.29, 1.82) is 0 Å². The molecule has 0 spiro atoms. The largest absolute Gasteiger partial charge is 0.490 e. The maximum Gasteiger partial charge on any atom is 0.248 e. The third-order valence-corrected chi connectivity index (χ3v) is 5.08. The van der Waals surface area contributed by atoms with E-state index < -0.39 is 0 Å². The van der Waals surface area contributed by atoms with Crippen molar-refractivity contribution in [2.75, 3.05) is 18.5 Å². The number of nitrogens with zero attached hydrogens (tertiary/aromatic N) is 2. The minimum Gasteiger partial charge on any atom is -0.490 e. The highest BCUT2D eigenvalue weighted by Gasteiger charge is 2.17. The van der Waals surface area contributed by atoms with Gasteiger partial charge in [-0.25, -0.2) is 0 Å². The summed E-state index contributed by atoms with van der Waals surface area (Å²) < 4.78 is 12.9. The van der Waals surface area contributed by atoms with Crippen LogP contribution < -0.4 is 20.1 Å². The van der Waals surface area contributed by atoms with Crippen molar-refractivity contribution >= 4 is 23.6 Å². The first-order valence-corrected chi connectivity index (χ1v) is 11.3. The summed E-state index contributed by atoms with van der Waals surface area (Å²) in [6, 6.07) is 5.84. The van der Waals surface area contributed by atoms with Crippen LogP contribution >= 0.6 is 0 Å². The van der Waals surface area contributed by atoms with E-state index in [1.807, 2.05) is 32.0 Å². The van der Waals surface area contributed by atoms with Crippen molar-refractivity contribution in [3.63, 3.8) is 0 Å². The summed E-state index contributed by atoms with van der Waals surface area (Å²) in [7, 11) is 0. The molecule has 2 amide bonds. The summed E-state index contributed by atoms with van der Waals surface area (Å²) in [5.74, 6) is 0.999. The number of rotatable bonds is 11. The Labute approximate surface area is 189 Å². The summed E-state index contributed by atoms with van der Waals surface area (Å²) in [5, 5.41) is 9.94. The molecular formula is C24H32N4O4. The topological polar surface area (TPSA) is 94.5 Å². The molecule has 1 saturated carbocycles. The lowest BCUT2D eigenvalue weighted by atomic mass is 10.2. The zero-order valence-corrected chi connectivity index (χ0v) is 18.8. The number of carbonyl (C=O) groups is 2. The fourth-order valence-electron chi connectivity index (χ4n) is 3.59. The lowest BCUT2D eigenvalue weighted by Gasteiger charge is -2.12. The van der Waals surface area contributed by atoms with E-state index in [1.165, 1.54) is 29.8 Å². The van der Waals surface area contributed by atoms with Gasteiger partial charge in [-0.3, -0.25) is 14.3 Å². The number of aromatic nitrogens is 2. The molecule has 1 heterocycles. The molecule has 1 aliphatic rings. The van der Waals surface area contributed by atoms with E-state index in [-0.39, 0.29) is 24.4 Å². The first-order valence-electron chi connectivity index (χ1n) is 11.3. The van der Waals surface area contributed by atoms with Gasteiger partial charge in [0.05, 0.1) is 25.1 Å². The Morgan fingerprint density at radius 1 is 1.19 bits per heavy atom. The van der Waals surface area contributed by atoms with E-state index in [1.54, 1.807) is 12.3 Å². The molecule has 8 heteroatoms. The monoisotopic (exact) mass is 440 g/mol. The average molecular weight is 441 g/mol. The standard InChI is InChI=1S/C24H32N4O4/c1-3-13-32-21-11-9-18(14-22(21)31-4-2)10-12-23(29)27-20-15-25-28(16-20)17-24(30)26-19-7-5-6-8-19/h9-12,14-16,19H,3-8,13,17H2,1-2H3,(H,26,30)(H,27,29)/b12-10+. The fraction of sp³-hybridized carbons (Fsp3) is 0.458. The van der Waals surface area contributed by atoms with Crippen molar-refractivity contribution < 1.29 is 19.1 Å². The van der Waals surface area contributed by atoms with Crippen molar-refractivity contribution in [3.05, 3.63) is 42.2 Å². The summed E-state index contributed by atoms with van der Waals surface area (Å²) in [6.07, 6.45) is 11.7. The van der Waals surface area contributed by atoms with Gasteiger partial charge in [0.2, 0.25) is 11.8 Å². The van der Waals surface area contributed by atoms with Gasteiger partial charge in [-0.05, 0) is 50.0 Å². The molecule has 32 heavy (non-hydrogen) atoms. The molecule has 3 rings (SSSR count). The van der Waals surface area contributed by atoms with E-state index in [4.69, 9.17) is 9.47 Å². The molecule has 0 bridgehead atoms. The van der Waals surface area contributed by atoms with Crippen LogP contribution in [-0.2, 0) is 16.1 Å². The number of hydrogen-bond acceptors (Lipinski definition) is 5. The van der Waals surface area contributed by atoms with Crippen molar-refractivity contribution in [1.82, 2.24) is 15.1 Å². The predicted molar refractivity (Wildman–Crippen MR) is 124 cm³/mol. The van der Waals surface area contributed by atoms with Gasteiger partial charge in [0.15, 0.2) is 11.5 Å². The van der Waals surface area contributed by atoms with Crippen LogP contribution in [0, 0.1) is 0 Å². The number of nitrogens with one attached hydrogen (secondary N) is 2. The lowest BCUT2D eigenvalue weighted by molar-refractivity contribution is -0.122. The van der Waals surface area contributed by atoms with Gasteiger partial charge in [-0.2, -0.15) is 5.10 Å². The molecule has 0 radical (unpaired) electrons. The molecule has 1 aromatic heterocycles. The second-order valence-electron chi connectivity index (χ2n) is 7.79. The van der Waals surface area contributed by atoms with Gasteiger partial charge < -0.3 is 20.1 Å². The van der Waals surface area contributed by atoms with Gasteiger partial charge >= 0.3 is 0 Å². The highest BCUT2D eigenvalue weighted by molar-refractivity contribution is 6.01. The van der Waals surface area contributed by atoms with E-state index >= 15 is 0 Å². The molecule has 1 aliphatic carbocycles. The Morgan fingerprint density at radius 3 is 2.75 bits per heavy atom. The maximum atomic E-state index is 12.3. The second kappa shape index (κ2) is 11.9. The van der Waals surface area contributed by atoms with E-state index in [0.717, 1.165) is 24.8 Å². The van der Waals surface area contributed by atoms with Gasteiger partial charge in [0, 0.05) is 18.3 Å². The smallest absolute Gasteiger partial charge is 0.248 e. The summed E-state index contributed by atoms with van der Waals surface area (Å²) in [4.78, 5) is 24.4. The van der Waals surface area contributed by atoms with E-state index in [2.05, 4.69) is 15.7 Å². The van der Waals surface area contributed by atoms with Crippen LogP contribution in [0.15, 0.2) is 36.7 Å². The van der Waals surface area contributed by atoms with Crippen LogP contribution in [-0.4, -0.2) is 40.9 Å². The first kappa shape index (κ1) is 23.4. The average Bonchev–Trinajstić information content (AvgIpc) is 3.44. The number of benzene rings is 1. The normalized spacial score (nSPS) is 13.9. The van der Waals surface area contributed by atoms with E-state index in [9.17, 15) is 9.59 Å². The third kappa shape index (κ3) is 7.14. The number of amides is 2. The molecule has 2 N–H and O–H groups in total. The Kier molecular flexibility index (Phi) is 8.71. The number of anilines is 1. The Balaban J connectivity index is 1.52. The minimum absolute atomic E-state index is 0.0609. The number of ether oxygens (including phenoxy) is 2. The zero-order chi connectivity index (χ0) is 22.8. The Bertz CT molecular complexity index is 932. The number of hydrogen-bond donors (Lipinski definition) is 2. The Hall–Kier alpha value is -3.29. The van der Waals surface area contributed by atoms with Crippen molar-refractivity contribution in [2.24, 2.45) is 0 Å². The molecule has 2 aromatic rings. The zero-order valence-electron chi connectivity index (χ0n) is 18.8. The molecule has 0 saturated heterocycles. The molecular weight excluding hydrogens is 408 g/mol. The van der Waals surface area contributed by atoms with Crippen LogP contribution in [0.5, 0.6) is 11.5 Å². The quantitative estimate of drug-likeness (QED) is 0.519. The second-order valence-corrected chi connectivity index (χ2v) is 7.79. The fourth-order valence-corrected chi connectivity index (χ4v) is 3.59. The summed E-state index contributed by atoms with van der Waals surface area (Å²) >= 11 is 0. The van der Waals surface area contributed by atoms with Crippen molar-refractivity contribution in [3.8, 4) is 11.5 Å². The highest BCUT2D eigenvalue weighted by Crippen LogP contribution is 2.29. The minimum atomic E-state index is -0.288. The van der Waals surface area contributed by atoms with Crippen LogP contribution in [0.1, 0.15) is 51.5 Å². The molecule has 1 fully saturated rings. The molecule has 1 aromatic carbocycles. The highest BCUT2D eigenvalue weighted by atomic mass is 16.5. The maximum absolute atomic E-state index is 12.3.